The third-order valence-corrected chi connectivity index (χ3v) is 5.01. The van der Waals surface area contributed by atoms with Crippen LogP contribution in [0.4, 0.5) is 0 Å². The molecular formula is C16H17Cl2NO3. The summed E-state index contributed by atoms with van der Waals surface area (Å²) in [5, 5.41) is 10.2. The molecule has 22 heavy (non-hydrogen) atoms. The SMILES string of the molecule is O=C(O)C1CCN(C(=O)[C@@H]2C[C@H]2c2cc(Cl)cc(Cl)c2)CC1. The molecule has 4 nitrogen and oxygen atoms in total. The molecule has 0 bridgehead atoms. The molecule has 1 aromatic rings. The molecule has 6 heteroatoms. The zero-order chi connectivity index (χ0) is 15.9. The number of carbonyl (C=O) groups excluding carboxylic acids is 1. The lowest BCUT2D eigenvalue weighted by molar-refractivity contribution is -0.146. The van der Waals surface area contributed by atoms with Crippen LogP contribution in [0.5, 0.6) is 0 Å². The number of carboxylic acid groups (broad SMARTS) is 1. The Hall–Kier alpha value is -1.26. The quantitative estimate of drug-likeness (QED) is 0.916. The molecule has 0 radical (unpaired) electrons. The average Bonchev–Trinajstić information content (AvgIpc) is 3.26. The maximum atomic E-state index is 12.5. The van der Waals surface area contributed by atoms with E-state index in [1.165, 1.54) is 0 Å². The van der Waals surface area contributed by atoms with Gasteiger partial charge in [-0.1, -0.05) is 23.2 Å². The molecule has 1 saturated heterocycles. The highest BCUT2D eigenvalue weighted by atomic mass is 35.5. The summed E-state index contributed by atoms with van der Waals surface area (Å²) in [6.07, 6.45) is 1.90. The number of hydrogen-bond donors (Lipinski definition) is 1. The molecule has 1 heterocycles. The van der Waals surface area contributed by atoms with E-state index in [4.69, 9.17) is 28.3 Å². The lowest BCUT2D eigenvalue weighted by atomic mass is 9.96. The first-order valence-electron chi connectivity index (χ1n) is 7.43. The van der Waals surface area contributed by atoms with Crippen molar-refractivity contribution >= 4 is 35.1 Å². The third-order valence-electron chi connectivity index (χ3n) is 4.58. The maximum Gasteiger partial charge on any atom is 0.306 e. The first-order valence-corrected chi connectivity index (χ1v) is 8.19. The zero-order valence-corrected chi connectivity index (χ0v) is 13.5. The average molecular weight is 342 g/mol. The van der Waals surface area contributed by atoms with Crippen LogP contribution >= 0.6 is 23.2 Å². The molecule has 2 aliphatic rings. The Morgan fingerprint density at radius 1 is 1.09 bits per heavy atom. The van der Waals surface area contributed by atoms with Gasteiger partial charge in [-0.15, -0.1) is 0 Å². The molecular weight excluding hydrogens is 325 g/mol. The molecule has 118 valence electrons. The largest absolute Gasteiger partial charge is 0.481 e. The lowest BCUT2D eigenvalue weighted by Gasteiger charge is -2.30. The van der Waals surface area contributed by atoms with Crippen LogP contribution in [0.2, 0.25) is 10.0 Å². The van der Waals surface area contributed by atoms with Gasteiger partial charge in [-0.2, -0.15) is 0 Å². The standard InChI is InChI=1S/C16H17Cl2NO3/c17-11-5-10(6-12(18)7-11)13-8-14(13)15(20)19-3-1-9(2-4-19)16(21)22/h5-7,9,13-14H,1-4,8H2,(H,21,22)/t13-,14+/m0/s1. The second-order valence-electron chi connectivity index (χ2n) is 6.09. The number of benzene rings is 1. The van der Waals surface area contributed by atoms with E-state index in [-0.39, 0.29) is 23.7 Å². The number of nitrogens with zero attached hydrogens (tertiary/aromatic N) is 1. The van der Waals surface area contributed by atoms with Gasteiger partial charge in [0.1, 0.15) is 0 Å². The van der Waals surface area contributed by atoms with Crippen LogP contribution in [0.3, 0.4) is 0 Å². The molecule has 1 aromatic carbocycles. The van der Waals surface area contributed by atoms with E-state index in [1.54, 1.807) is 11.0 Å². The van der Waals surface area contributed by atoms with Gasteiger partial charge in [0, 0.05) is 29.1 Å². The number of amides is 1. The molecule has 1 aliphatic heterocycles. The number of likely N-dealkylation sites (tertiary alicyclic amines) is 1. The topological polar surface area (TPSA) is 57.6 Å². The minimum Gasteiger partial charge on any atom is -0.481 e. The Kier molecular flexibility index (Phi) is 4.33. The van der Waals surface area contributed by atoms with E-state index in [0.29, 0.717) is 36.0 Å². The van der Waals surface area contributed by atoms with Crippen LogP contribution in [-0.2, 0) is 9.59 Å². The van der Waals surface area contributed by atoms with E-state index < -0.39 is 5.97 Å². The monoisotopic (exact) mass is 341 g/mol. The summed E-state index contributed by atoms with van der Waals surface area (Å²) in [6, 6.07) is 5.41. The number of aliphatic carboxylic acids is 1. The Morgan fingerprint density at radius 3 is 2.23 bits per heavy atom. The van der Waals surface area contributed by atoms with E-state index in [2.05, 4.69) is 0 Å². The van der Waals surface area contributed by atoms with E-state index in [1.807, 2.05) is 12.1 Å². The fourth-order valence-corrected chi connectivity index (χ4v) is 3.75. The molecule has 1 amide bonds. The van der Waals surface area contributed by atoms with Gasteiger partial charge in [0.05, 0.1) is 5.92 Å². The molecule has 0 unspecified atom stereocenters. The van der Waals surface area contributed by atoms with Crippen LogP contribution in [0, 0.1) is 11.8 Å². The van der Waals surface area contributed by atoms with Gasteiger partial charge in [0.15, 0.2) is 0 Å². The smallest absolute Gasteiger partial charge is 0.306 e. The molecule has 0 aromatic heterocycles. The van der Waals surface area contributed by atoms with E-state index in [9.17, 15) is 9.59 Å². The van der Waals surface area contributed by atoms with Crippen LogP contribution < -0.4 is 0 Å². The Morgan fingerprint density at radius 2 is 1.68 bits per heavy atom. The van der Waals surface area contributed by atoms with E-state index >= 15 is 0 Å². The van der Waals surface area contributed by atoms with Gasteiger partial charge >= 0.3 is 5.97 Å². The summed E-state index contributed by atoms with van der Waals surface area (Å²) in [5.74, 6) is -0.780. The molecule has 3 rings (SSSR count). The highest BCUT2D eigenvalue weighted by Gasteiger charge is 2.46. The number of rotatable bonds is 3. The second-order valence-corrected chi connectivity index (χ2v) is 6.96. The lowest BCUT2D eigenvalue weighted by Crippen LogP contribution is -2.41. The fraction of sp³-hybridized carbons (Fsp3) is 0.500. The van der Waals surface area contributed by atoms with Crippen molar-refractivity contribution in [3.8, 4) is 0 Å². The molecule has 2 fully saturated rings. The first-order chi connectivity index (χ1) is 10.5. The summed E-state index contributed by atoms with van der Waals surface area (Å²) in [7, 11) is 0. The van der Waals surface area contributed by atoms with E-state index in [0.717, 1.165) is 12.0 Å². The third kappa shape index (κ3) is 3.23. The van der Waals surface area contributed by atoms with Crippen molar-refractivity contribution in [2.75, 3.05) is 13.1 Å². The van der Waals surface area contributed by atoms with Gasteiger partial charge in [0.25, 0.3) is 0 Å². The fourth-order valence-electron chi connectivity index (χ4n) is 3.21. The molecule has 1 N–H and O–H groups in total. The van der Waals surface area contributed by atoms with Gasteiger partial charge in [-0.3, -0.25) is 9.59 Å². The minimum atomic E-state index is -0.759. The van der Waals surface area contributed by atoms with Crippen molar-refractivity contribution in [3.63, 3.8) is 0 Å². The number of hydrogen-bond acceptors (Lipinski definition) is 2. The summed E-state index contributed by atoms with van der Waals surface area (Å²) in [4.78, 5) is 25.3. The van der Waals surface area contributed by atoms with Crippen molar-refractivity contribution < 1.29 is 14.7 Å². The highest BCUT2D eigenvalue weighted by Crippen LogP contribution is 2.49. The summed E-state index contributed by atoms with van der Waals surface area (Å²) in [5.41, 5.74) is 1.01. The predicted octanol–water partition coefficient (Wildman–Crippen LogP) is 3.42. The van der Waals surface area contributed by atoms with Gasteiger partial charge in [-0.05, 0) is 48.9 Å². The normalized spacial score (nSPS) is 25.1. The first kappa shape index (κ1) is 15.6. The van der Waals surface area contributed by atoms with Gasteiger partial charge in [0.2, 0.25) is 5.91 Å². The summed E-state index contributed by atoms with van der Waals surface area (Å²) < 4.78 is 0. The number of carbonyl (C=O) groups is 2. The number of halogens is 2. The Balaban J connectivity index is 1.60. The molecule has 0 spiro atoms. The Labute approximate surface area is 139 Å². The highest BCUT2D eigenvalue weighted by molar-refractivity contribution is 6.34. The predicted molar refractivity (Wildman–Crippen MR) is 84.2 cm³/mol. The number of carboxylic acids is 1. The molecule has 2 atom stereocenters. The van der Waals surface area contributed by atoms with Crippen molar-refractivity contribution in [3.05, 3.63) is 33.8 Å². The van der Waals surface area contributed by atoms with Crippen LogP contribution in [-0.4, -0.2) is 35.0 Å². The van der Waals surface area contributed by atoms with Crippen LogP contribution in [0.25, 0.3) is 0 Å². The number of piperidine rings is 1. The van der Waals surface area contributed by atoms with Gasteiger partial charge < -0.3 is 10.0 Å². The minimum absolute atomic E-state index is 0.0177. The zero-order valence-electron chi connectivity index (χ0n) is 12.0. The second kappa shape index (κ2) is 6.09. The van der Waals surface area contributed by atoms with Gasteiger partial charge in [-0.25, -0.2) is 0 Å². The van der Waals surface area contributed by atoms with Crippen LogP contribution in [0.15, 0.2) is 18.2 Å². The van der Waals surface area contributed by atoms with Crippen LogP contribution in [0.1, 0.15) is 30.7 Å². The molecule has 1 saturated carbocycles. The maximum absolute atomic E-state index is 12.5. The van der Waals surface area contributed by atoms with Crippen molar-refractivity contribution in [2.45, 2.75) is 25.2 Å². The summed E-state index contributed by atoms with van der Waals surface area (Å²) in [6.45, 7) is 1.07. The summed E-state index contributed by atoms with van der Waals surface area (Å²) >= 11 is 12.0. The van der Waals surface area contributed by atoms with Crippen molar-refractivity contribution in [2.24, 2.45) is 11.8 Å². The van der Waals surface area contributed by atoms with Crippen molar-refractivity contribution in [1.29, 1.82) is 0 Å². The molecule has 1 aliphatic carbocycles. The van der Waals surface area contributed by atoms with Crippen molar-refractivity contribution in [1.82, 2.24) is 4.90 Å². The Bertz CT molecular complexity index is 591.